The molecule has 0 radical (unpaired) electrons. The molecule has 3 heterocycles. The smallest absolute Gasteiger partial charge is 0.276 e. The predicted molar refractivity (Wildman–Crippen MR) is 102 cm³/mol. The summed E-state index contributed by atoms with van der Waals surface area (Å²) in [6, 6.07) is 11.2. The van der Waals surface area contributed by atoms with E-state index >= 15 is 0 Å². The topological polar surface area (TPSA) is 58.8 Å². The lowest BCUT2D eigenvalue weighted by atomic mass is 9.74. The Morgan fingerprint density at radius 2 is 1.96 bits per heavy atom. The second-order valence-electron chi connectivity index (χ2n) is 7.95. The fourth-order valence-corrected chi connectivity index (χ4v) is 4.48. The maximum atomic E-state index is 12.9. The number of piperidine rings is 2. The monoisotopic (exact) mass is 369 g/mol. The summed E-state index contributed by atoms with van der Waals surface area (Å²) >= 11 is 0. The summed E-state index contributed by atoms with van der Waals surface area (Å²) in [5.41, 5.74) is 0.618. The zero-order valence-electron chi connectivity index (χ0n) is 15.9. The van der Waals surface area contributed by atoms with E-state index in [1.165, 1.54) is 19.3 Å². The molecule has 2 aliphatic heterocycles. The molecule has 0 saturated carbocycles. The summed E-state index contributed by atoms with van der Waals surface area (Å²) in [6.45, 7) is 4.11. The highest BCUT2D eigenvalue weighted by atomic mass is 16.5. The molecule has 2 aliphatic rings. The van der Waals surface area contributed by atoms with E-state index in [1.54, 1.807) is 6.07 Å². The molecule has 1 aromatic carbocycles. The van der Waals surface area contributed by atoms with Crippen LogP contribution in [0.4, 0.5) is 0 Å². The number of carbonyl (C=O) groups excluding carboxylic acids is 1. The number of likely N-dealkylation sites (tertiary alicyclic amines) is 2. The van der Waals surface area contributed by atoms with Crippen LogP contribution in [0.25, 0.3) is 0 Å². The Hall–Kier alpha value is -2.34. The van der Waals surface area contributed by atoms with E-state index in [0.717, 1.165) is 38.3 Å². The zero-order chi connectivity index (χ0) is 18.7. The number of amides is 1. The van der Waals surface area contributed by atoms with Crippen LogP contribution < -0.4 is 4.74 Å². The summed E-state index contributed by atoms with van der Waals surface area (Å²) in [5.74, 6) is 1.30. The highest BCUT2D eigenvalue weighted by Crippen LogP contribution is 2.38. The molecule has 2 saturated heterocycles. The quantitative estimate of drug-likeness (QED) is 0.828. The van der Waals surface area contributed by atoms with Crippen molar-refractivity contribution in [2.75, 3.05) is 33.2 Å². The fourth-order valence-electron chi connectivity index (χ4n) is 4.48. The van der Waals surface area contributed by atoms with Crippen LogP contribution in [0.3, 0.4) is 0 Å². The van der Waals surface area contributed by atoms with Crippen molar-refractivity contribution >= 4 is 5.91 Å². The molecule has 6 heteroatoms. The van der Waals surface area contributed by atoms with Crippen LogP contribution in [-0.4, -0.2) is 54.1 Å². The van der Waals surface area contributed by atoms with Gasteiger partial charge < -0.3 is 19.1 Å². The van der Waals surface area contributed by atoms with E-state index in [1.807, 2.05) is 35.2 Å². The van der Waals surface area contributed by atoms with Crippen LogP contribution in [0, 0.1) is 5.41 Å². The van der Waals surface area contributed by atoms with E-state index in [4.69, 9.17) is 9.26 Å². The van der Waals surface area contributed by atoms with Crippen molar-refractivity contribution in [3.63, 3.8) is 0 Å². The van der Waals surface area contributed by atoms with Crippen LogP contribution in [0.15, 0.2) is 40.9 Å². The van der Waals surface area contributed by atoms with E-state index in [-0.39, 0.29) is 17.9 Å². The minimum Gasteiger partial charge on any atom is -0.486 e. The first-order valence-electron chi connectivity index (χ1n) is 9.75. The number of hydrogen-bond donors (Lipinski definition) is 0. The number of aromatic nitrogens is 1. The standard InChI is InChI=1S/C21H27N3O3/c1-23-11-5-9-21(15-23)10-6-12-24(16-21)20(25)19-13-18(27-22-19)14-26-17-7-3-2-4-8-17/h2-4,7-8,13H,5-6,9-12,14-16H2,1H3. The van der Waals surface area contributed by atoms with Gasteiger partial charge in [-0.2, -0.15) is 0 Å². The molecule has 1 aromatic heterocycles. The van der Waals surface area contributed by atoms with Gasteiger partial charge in [-0.15, -0.1) is 0 Å². The maximum absolute atomic E-state index is 12.9. The van der Waals surface area contributed by atoms with E-state index < -0.39 is 0 Å². The lowest BCUT2D eigenvalue weighted by Gasteiger charge is -2.47. The van der Waals surface area contributed by atoms with Crippen molar-refractivity contribution in [3.8, 4) is 5.75 Å². The molecule has 1 unspecified atom stereocenters. The van der Waals surface area contributed by atoms with Gasteiger partial charge in [-0.25, -0.2) is 0 Å². The van der Waals surface area contributed by atoms with Gasteiger partial charge in [0.1, 0.15) is 12.4 Å². The molecule has 4 rings (SSSR count). The third-order valence-corrected chi connectivity index (χ3v) is 5.70. The molecular formula is C21H27N3O3. The van der Waals surface area contributed by atoms with E-state index in [2.05, 4.69) is 17.1 Å². The van der Waals surface area contributed by atoms with Crippen LogP contribution in [-0.2, 0) is 6.61 Å². The summed E-state index contributed by atoms with van der Waals surface area (Å²) in [4.78, 5) is 17.3. The fraction of sp³-hybridized carbons (Fsp3) is 0.524. The first kappa shape index (κ1) is 18.0. The molecule has 144 valence electrons. The Morgan fingerprint density at radius 1 is 1.19 bits per heavy atom. The molecule has 0 aliphatic carbocycles. The van der Waals surface area contributed by atoms with Gasteiger partial charge in [-0.05, 0) is 51.4 Å². The summed E-state index contributed by atoms with van der Waals surface area (Å²) < 4.78 is 11.0. The van der Waals surface area contributed by atoms with Crippen LogP contribution in [0.1, 0.15) is 41.9 Å². The zero-order valence-corrected chi connectivity index (χ0v) is 15.9. The van der Waals surface area contributed by atoms with Crippen molar-refractivity contribution in [1.29, 1.82) is 0 Å². The van der Waals surface area contributed by atoms with Crippen molar-refractivity contribution in [2.45, 2.75) is 32.3 Å². The van der Waals surface area contributed by atoms with E-state index in [0.29, 0.717) is 11.5 Å². The molecule has 2 fully saturated rings. The molecule has 27 heavy (non-hydrogen) atoms. The first-order valence-corrected chi connectivity index (χ1v) is 9.75. The van der Waals surface area contributed by atoms with Gasteiger partial charge in [-0.1, -0.05) is 23.4 Å². The van der Waals surface area contributed by atoms with Gasteiger partial charge in [0.05, 0.1) is 0 Å². The highest BCUT2D eigenvalue weighted by Gasteiger charge is 2.40. The van der Waals surface area contributed by atoms with E-state index in [9.17, 15) is 4.79 Å². The Labute approximate surface area is 160 Å². The van der Waals surface area contributed by atoms with Crippen LogP contribution in [0.5, 0.6) is 5.75 Å². The predicted octanol–water partition coefficient (Wildman–Crippen LogP) is 3.20. The Bertz CT molecular complexity index is 772. The van der Waals surface area contributed by atoms with Crippen LogP contribution >= 0.6 is 0 Å². The minimum atomic E-state index is -0.0305. The van der Waals surface area contributed by atoms with Gasteiger partial charge >= 0.3 is 0 Å². The molecular weight excluding hydrogens is 342 g/mol. The first-order chi connectivity index (χ1) is 13.1. The lowest BCUT2D eigenvalue weighted by Crippen LogP contribution is -2.52. The molecule has 2 aromatic rings. The molecule has 0 bridgehead atoms. The number of benzene rings is 1. The van der Waals surface area contributed by atoms with Crippen molar-refractivity contribution in [1.82, 2.24) is 15.0 Å². The summed E-state index contributed by atoms with van der Waals surface area (Å²) in [5, 5.41) is 4.00. The van der Waals surface area contributed by atoms with Crippen molar-refractivity contribution in [3.05, 3.63) is 47.9 Å². The highest BCUT2D eigenvalue weighted by molar-refractivity contribution is 5.92. The third-order valence-electron chi connectivity index (χ3n) is 5.70. The Balaban J connectivity index is 1.38. The van der Waals surface area contributed by atoms with Gasteiger partial charge in [0, 0.05) is 31.1 Å². The van der Waals surface area contributed by atoms with Crippen molar-refractivity contribution < 1.29 is 14.1 Å². The number of hydrogen-bond acceptors (Lipinski definition) is 5. The summed E-state index contributed by atoms with van der Waals surface area (Å²) in [6.07, 6.45) is 4.68. The van der Waals surface area contributed by atoms with Crippen molar-refractivity contribution in [2.24, 2.45) is 5.41 Å². The molecule has 1 atom stereocenters. The maximum Gasteiger partial charge on any atom is 0.276 e. The number of nitrogens with zero attached hydrogens (tertiary/aromatic N) is 3. The summed E-state index contributed by atoms with van der Waals surface area (Å²) in [7, 11) is 2.18. The molecule has 6 nitrogen and oxygen atoms in total. The van der Waals surface area contributed by atoms with Gasteiger partial charge in [0.25, 0.3) is 5.91 Å². The molecule has 1 spiro atoms. The third kappa shape index (κ3) is 4.16. The normalized spacial score (nSPS) is 23.5. The average Bonchev–Trinajstić information content (AvgIpc) is 3.15. The molecule has 0 N–H and O–H groups in total. The number of ether oxygens (including phenoxy) is 1. The molecule has 1 amide bonds. The van der Waals surface area contributed by atoms with Gasteiger partial charge in [0.2, 0.25) is 0 Å². The number of carbonyl (C=O) groups is 1. The van der Waals surface area contributed by atoms with Gasteiger partial charge in [0.15, 0.2) is 11.5 Å². The second kappa shape index (κ2) is 7.72. The second-order valence-corrected chi connectivity index (χ2v) is 7.95. The lowest BCUT2D eigenvalue weighted by molar-refractivity contribution is 0.0201. The SMILES string of the molecule is CN1CCCC2(CCCN(C(=O)c3cc(COc4ccccc4)on3)C2)C1. The number of rotatable bonds is 4. The Morgan fingerprint density at radius 3 is 2.74 bits per heavy atom. The average molecular weight is 369 g/mol. The number of para-hydroxylation sites is 1. The van der Waals surface area contributed by atoms with Crippen LogP contribution in [0.2, 0.25) is 0 Å². The van der Waals surface area contributed by atoms with Gasteiger partial charge in [-0.3, -0.25) is 4.79 Å². The largest absolute Gasteiger partial charge is 0.486 e. The Kier molecular flexibility index (Phi) is 5.16. The minimum absolute atomic E-state index is 0.0305.